The first-order valence-electron chi connectivity index (χ1n) is 3.10. The van der Waals surface area contributed by atoms with Gasteiger partial charge < -0.3 is 10.9 Å². The zero-order chi connectivity index (χ0) is 7.56. The molecule has 3 N–H and O–H groups in total. The van der Waals surface area contributed by atoms with E-state index in [1.807, 2.05) is 6.92 Å². The Balaban J connectivity index is 2.89. The average Bonchev–Trinajstić information content (AvgIpc) is 1.95. The van der Waals surface area contributed by atoms with E-state index in [4.69, 9.17) is 10.9 Å². The van der Waals surface area contributed by atoms with E-state index in [0.717, 1.165) is 0 Å². The number of hydrogen-bond donors (Lipinski definition) is 2. The van der Waals surface area contributed by atoms with Crippen molar-refractivity contribution in [1.82, 2.24) is 0 Å². The molecule has 1 aliphatic carbocycles. The topological polar surface area (TPSA) is 58.6 Å². The second-order valence-corrected chi connectivity index (χ2v) is 2.23. The summed E-state index contributed by atoms with van der Waals surface area (Å²) in [5.74, 6) is 5.31. The molecule has 0 aromatic rings. The zero-order valence-corrected chi connectivity index (χ0v) is 5.78. The van der Waals surface area contributed by atoms with Gasteiger partial charge in [-0.15, -0.1) is 0 Å². The fourth-order valence-electron chi connectivity index (χ4n) is 0.840. The van der Waals surface area contributed by atoms with Gasteiger partial charge in [-0.2, -0.15) is 5.10 Å². The SMILES string of the molecule is CC1C(O)=CC=CC1=NN. The van der Waals surface area contributed by atoms with E-state index in [1.165, 1.54) is 0 Å². The lowest BCUT2D eigenvalue weighted by molar-refractivity contribution is 0.372. The van der Waals surface area contributed by atoms with Crippen LogP contribution >= 0.6 is 0 Å². The summed E-state index contributed by atoms with van der Waals surface area (Å²) in [7, 11) is 0. The molecule has 0 aliphatic heterocycles. The monoisotopic (exact) mass is 138 g/mol. The van der Waals surface area contributed by atoms with Crippen LogP contribution in [0.2, 0.25) is 0 Å². The van der Waals surface area contributed by atoms with Gasteiger partial charge in [0.25, 0.3) is 0 Å². The van der Waals surface area contributed by atoms with E-state index in [-0.39, 0.29) is 5.92 Å². The molecule has 0 bridgehead atoms. The normalized spacial score (nSPS) is 28.7. The lowest BCUT2D eigenvalue weighted by atomic mass is 9.99. The summed E-state index contributed by atoms with van der Waals surface area (Å²) in [4.78, 5) is 0. The molecule has 0 heterocycles. The molecule has 1 unspecified atom stereocenters. The van der Waals surface area contributed by atoms with Gasteiger partial charge in [0.05, 0.1) is 11.6 Å². The first-order chi connectivity index (χ1) is 4.75. The fraction of sp³-hybridized carbons (Fsp3) is 0.286. The van der Waals surface area contributed by atoms with Crippen molar-refractivity contribution in [3.05, 3.63) is 24.0 Å². The molecule has 0 saturated carbocycles. The van der Waals surface area contributed by atoms with E-state index >= 15 is 0 Å². The minimum Gasteiger partial charge on any atom is -0.512 e. The maximum atomic E-state index is 9.15. The number of hydrazone groups is 1. The summed E-state index contributed by atoms with van der Waals surface area (Å²) >= 11 is 0. The Hall–Kier alpha value is -1.25. The van der Waals surface area contributed by atoms with E-state index in [0.29, 0.717) is 11.5 Å². The van der Waals surface area contributed by atoms with Gasteiger partial charge in [-0.3, -0.25) is 0 Å². The Kier molecular flexibility index (Phi) is 1.76. The van der Waals surface area contributed by atoms with Crippen LogP contribution in [0.1, 0.15) is 6.92 Å². The van der Waals surface area contributed by atoms with E-state index < -0.39 is 0 Å². The van der Waals surface area contributed by atoms with E-state index in [2.05, 4.69) is 5.10 Å². The minimum atomic E-state index is -0.0602. The van der Waals surface area contributed by atoms with Crippen molar-refractivity contribution in [2.75, 3.05) is 0 Å². The van der Waals surface area contributed by atoms with Crippen molar-refractivity contribution >= 4 is 5.71 Å². The first-order valence-corrected chi connectivity index (χ1v) is 3.10. The molecule has 54 valence electrons. The summed E-state index contributed by atoms with van der Waals surface area (Å²) in [6, 6.07) is 0. The molecule has 1 atom stereocenters. The Bertz CT molecular complexity index is 216. The van der Waals surface area contributed by atoms with Crippen LogP contribution in [-0.2, 0) is 0 Å². The van der Waals surface area contributed by atoms with Crippen molar-refractivity contribution in [2.45, 2.75) is 6.92 Å². The maximum Gasteiger partial charge on any atom is 0.101 e. The molecular weight excluding hydrogens is 128 g/mol. The number of aliphatic hydroxyl groups excluding tert-OH is 1. The highest BCUT2D eigenvalue weighted by atomic mass is 16.3. The molecular formula is C7H10N2O. The van der Waals surface area contributed by atoms with Crippen molar-refractivity contribution in [1.29, 1.82) is 0 Å². The number of nitrogens with two attached hydrogens (primary N) is 1. The Morgan fingerprint density at radius 2 is 2.40 bits per heavy atom. The predicted octanol–water partition coefficient (Wildman–Crippen LogP) is 0.949. The first kappa shape index (κ1) is 6.86. The lowest BCUT2D eigenvalue weighted by Gasteiger charge is -2.12. The second kappa shape index (κ2) is 2.56. The van der Waals surface area contributed by atoms with Gasteiger partial charge in [-0.05, 0) is 19.1 Å². The molecule has 0 aromatic carbocycles. The van der Waals surface area contributed by atoms with E-state index in [1.54, 1.807) is 18.2 Å². The molecule has 3 nitrogen and oxygen atoms in total. The largest absolute Gasteiger partial charge is 0.512 e. The van der Waals surface area contributed by atoms with E-state index in [9.17, 15) is 0 Å². The van der Waals surface area contributed by atoms with Crippen LogP contribution in [0, 0.1) is 5.92 Å². The predicted molar refractivity (Wildman–Crippen MR) is 40.6 cm³/mol. The van der Waals surface area contributed by atoms with Crippen molar-refractivity contribution < 1.29 is 5.11 Å². The lowest BCUT2D eigenvalue weighted by Crippen LogP contribution is -2.15. The highest BCUT2D eigenvalue weighted by Gasteiger charge is 2.14. The number of allylic oxidation sites excluding steroid dienone is 4. The number of rotatable bonds is 0. The number of hydrogen-bond acceptors (Lipinski definition) is 3. The minimum absolute atomic E-state index is 0.0602. The van der Waals surface area contributed by atoms with Crippen LogP contribution in [0.5, 0.6) is 0 Å². The third-order valence-corrected chi connectivity index (χ3v) is 1.57. The smallest absolute Gasteiger partial charge is 0.101 e. The Morgan fingerprint density at radius 1 is 1.70 bits per heavy atom. The van der Waals surface area contributed by atoms with Gasteiger partial charge in [-0.1, -0.05) is 6.08 Å². The maximum absolute atomic E-state index is 9.15. The van der Waals surface area contributed by atoms with Crippen molar-refractivity contribution in [2.24, 2.45) is 16.9 Å². The molecule has 0 aromatic heterocycles. The van der Waals surface area contributed by atoms with Crippen LogP contribution in [0.25, 0.3) is 0 Å². The van der Waals surface area contributed by atoms with Crippen LogP contribution in [0.4, 0.5) is 0 Å². The average molecular weight is 138 g/mol. The highest BCUT2D eigenvalue weighted by Crippen LogP contribution is 2.14. The Morgan fingerprint density at radius 3 is 2.90 bits per heavy atom. The van der Waals surface area contributed by atoms with Crippen LogP contribution in [0.3, 0.4) is 0 Å². The van der Waals surface area contributed by atoms with Crippen molar-refractivity contribution in [3.8, 4) is 0 Å². The van der Waals surface area contributed by atoms with Crippen LogP contribution in [-0.4, -0.2) is 10.8 Å². The van der Waals surface area contributed by atoms with Crippen LogP contribution < -0.4 is 5.84 Å². The van der Waals surface area contributed by atoms with Crippen LogP contribution in [0.15, 0.2) is 29.1 Å². The molecule has 0 fully saturated rings. The van der Waals surface area contributed by atoms with Crippen molar-refractivity contribution in [3.63, 3.8) is 0 Å². The molecule has 0 saturated heterocycles. The zero-order valence-electron chi connectivity index (χ0n) is 5.78. The van der Waals surface area contributed by atoms with Gasteiger partial charge in [-0.25, -0.2) is 0 Å². The summed E-state index contributed by atoms with van der Waals surface area (Å²) in [5, 5.41) is 12.7. The number of aliphatic hydroxyl groups is 1. The number of nitrogens with zero attached hydrogens (tertiary/aromatic N) is 1. The summed E-state index contributed by atoms with van der Waals surface area (Å²) in [6.45, 7) is 1.85. The highest BCUT2D eigenvalue weighted by molar-refractivity contribution is 5.99. The summed E-state index contributed by atoms with van der Waals surface area (Å²) < 4.78 is 0. The van der Waals surface area contributed by atoms with Gasteiger partial charge in [0.15, 0.2) is 0 Å². The molecule has 1 aliphatic rings. The molecule has 3 heteroatoms. The van der Waals surface area contributed by atoms with Gasteiger partial charge in [0, 0.05) is 0 Å². The molecule has 10 heavy (non-hydrogen) atoms. The molecule has 0 spiro atoms. The third kappa shape index (κ3) is 1.03. The molecule has 0 amide bonds. The summed E-state index contributed by atoms with van der Waals surface area (Å²) in [6.07, 6.45) is 5.14. The second-order valence-electron chi connectivity index (χ2n) is 2.23. The van der Waals surface area contributed by atoms with Gasteiger partial charge in [0.1, 0.15) is 5.76 Å². The molecule has 0 radical (unpaired) electrons. The third-order valence-electron chi connectivity index (χ3n) is 1.57. The fourth-order valence-corrected chi connectivity index (χ4v) is 0.840. The van der Waals surface area contributed by atoms with Gasteiger partial charge in [0.2, 0.25) is 0 Å². The summed E-state index contributed by atoms with van der Waals surface area (Å²) in [5.41, 5.74) is 0.708. The van der Waals surface area contributed by atoms with Gasteiger partial charge >= 0.3 is 0 Å². The standard InChI is InChI=1S/C7H10N2O/c1-5-6(9-8)3-2-4-7(5)10/h2-5,10H,8H2,1H3. The Labute approximate surface area is 59.5 Å². The quantitative estimate of drug-likeness (QED) is 0.386. The molecule has 1 rings (SSSR count).